The third-order valence-corrected chi connectivity index (χ3v) is 4.76. The molecule has 0 aliphatic rings. The smallest absolute Gasteiger partial charge is 0.152 e. The van der Waals surface area contributed by atoms with Crippen LogP contribution in [-0.4, -0.2) is 0 Å². The van der Waals surface area contributed by atoms with E-state index < -0.39 is 0 Å². The van der Waals surface area contributed by atoms with Crippen molar-refractivity contribution in [2.45, 2.75) is 5.33 Å². The molecule has 0 spiro atoms. The van der Waals surface area contributed by atoms with Gasteiger partial charge >= 0.3 is 0 Å². The van der Waals surface area contributed by atoms with Crippen LogP contribution in [0.15, 0.2) is 32.7 Å². The fourth-order valence-corrected chi connectivity index (χ4v) is 3.99. The number of hydrogen-bond donors (Lipinski definition) is 0. The van der Waals surface area contributed by atoms with E-state index in [0.717, 1.165) is 20.8 Å². The largest absolute Gasteiger partial charge is 0.463 e. The van der Waals surface area contributed by atoms with Gasteiger partial charge in [-0.25, -0.2) is 0 Å². The van der Waals surface area contributed by atoms with Crippen molar-refractivity contribution in [1.29, 1.82) is 0 Å². The van der Waals surface area contributed by atoms with Gasteiger partial charge in [0.1, 0.15) is 0 Å². The van der Waals surface area contributed by atoms with Crippen molar-refractivity contribution >= 4 is 64.3 Å². The molecule has 0 aliphatic heterocycles. The summed E-state index contributed by atoms with van der Waals surface area (Å²) in [7, 11) is 0. The highest BCUT2D eigenvalue weighted by Gasteiger charge is 2.11. The van der Waals surface area contributed by atoms with Crippen molar-refractivity contribution in [2.75, 3.05) is 0 Å². The first kappa shape index (κ1) is 9.87. The Morgan fingerprint density at radius 2 is 2.20 bits per heavy atom. The summed E-state index contributed by atoms with van der Waals surface area (Å²) < 4.78 is 7.86. The van der Waals surface area contributed by atoms with E-state index in [1.165, 1.54) is 15.6 Å². The molecule has 0 saturated carbocycles. The SMILES string of the molecule is BrCc1csc2c1cc(Br)c1ccoc12. The molecule has 1 nitrogen and oxygen atoms in total. The predicted octanol–water partition coefficient (Wildman–Crippen LogP) is 5.30. The average molecular weight is 346 g/mol. The second-order valence-electron chi connectivity index (χ2n) is 3.29. The molecule has 0 aliphatic carbocycles. The van der Waals surface area contributed by atoms with Crippen LogP contribution in [-0.2, 0) is 5.33 Å². The molecule has 76 valence electrons. The van der Waals surface area contributed by atoms with Gasteiger partial charge in [0.15, 0.2) is 5.58 Å². The highest BCUT2D eigenvalue weighted by Crippen LogP contribution is 2.38. The number of benzene rings is 1. The Bertz CT molecular complexity index is 638. The zero-order chi connectivity index (χ0) is 10.4. The average Bonchev–Trinajstić information content (AvgIpc) is 2.81. The molecule has 3 aromatic rings. The number of fused-ring (bicyclic) bond motifs is 3. The molecule has 0 fully saturated rings. The minimum Gasteiger partial charge on any atom is -0.463 e. The van der Waals surface area contributed by atoms with E-state index in [-0.39, 0.29) is 0 Å². The normalized spacial score (nSPS) is 11.6. The lowest BCUT2D eigenvalue weighted by atomic mass is 10.1. The highest BCUT2D eigenvalue weighted by molar-refractivity contribution is 9.10. The van der Waals surface area contributed by atoms with Crippen LogP contribution in [0, 0.1) is 0 Å². The van der Waals surface area contributed by atoms with E-state index in [4.69, 9.17) is 4.42 Å². The Kier molecular flexibility index (Phi) is 2.38. The maximum absolute atomic E-state index is 5.53. The third kappa shape index (κ3) is 1.39. The molecule has 0 radical (unpaired) electrons. The van der Waals surface area contributed by atoms with Gasteiger partial charge < -0.3 is 4.42 Å². The van der Waals surface area contributed by atoms with Crippen molar-refractivity contribution in [2.24, 2.45) is 0 Å². The number of furan rings is 1. The van der Waals surface area contributed by atoms with Gasteiger partial charge in [-0.2, -0.15) is 0 Å². The molecular formula is C11H6Br2OS. The summed E-state index contributed by atoms with van der Waals surface area (Å²) in [6.07, 6.45) is 1.74. The zero-order valence-electron chi connectivity index (χ0n) is 7.59. The minimum absolute atomic E-state index is 0.881. The van der Waals surface area contributed by atoms with Gasteiger partial charge in [-0.15, -0.1) is 11.3 Å². The summed E-state index contributed by atoms with van der Waals surface area (Å²) in [5.41, 5.74) is 2.30. The van der Waals surface area contributed by atoms with Crippen molar-refractivity contribution in [3.05, 3.63) is 33.8 Å². The van der Waals surface area contributed by atoms with Gasteiger partial charge in [-0.3, -0.25) is 0 Å². The van der Waals surface area contributed by atoms with Gasteiger partial charge in [-0.05, 0) is 23.1 Å². The van der Waals surface area contributed by atoms with E-state index >= 15 is 0 Å². The Hall–Kier alpha value is -0.320. The molecule has 0 atom stereocenters. The summed E-state index contributed by atoms with van der Waals surface area (Å²) in [5, 5.41) is 5.47. The predicted molar refractivity (Wildman–Crippen MR) is 71.9 cm³/mol. The Labute approximate surface area is 107 Å². The van der Waals surface area contributed by atoms with Crippen LogP contribution in [0.5, 0.6) is 0 Å². The molecule has 4 heteroatoms. The van der Waals surface area contributed by atoms with Crippen LogP contribution in [0.1, 0.15) is 5.56 Å². The quantitative estimate of drug-likeness (QED) is 0.545. The molecule has 0 bridgehead atoms. The minimum atomic E-state index is 0.881. The lowest BCUT2D eigenvalue weighted by Gasteiger charge is -1.97. The molecule has 1 aromatic carbocycles. The van der Waals surface area contributed by atoms with Crippen LogP contribution in [0.4, 0.5) is 0 Å². The van der Waals surface area contributed by atoms with E-state index in [0.29, 0.717) is 0 Å². The van der Waals surface area contributed by atoms with Crippen LogP contribution in [0.2, 0.25) is 0 Å². The van der Waals surface area contributed by atoms with Gasteiger partial charge in [0, 0.05) is 20.6 Å². The molecule has 2 heterocycles. The highest BCUT2D eigenvalue weighted by atomic mass is 79.9. The number of thiophene rings is 1. The van der Waals surface area contributed by atoms with Gasteiger partial charge in [-0.1, -0.05) is 31.9 Å². The Balaban J connectivity index is 2.56. The second-order valence-corrected chi connectivity index (χ2v) is 5.59. The van der Waals surface area contributed by atoms with Gasteiger partial charge in [0.25, 0.3) is 0 Å². The van der Waals surface area contributed by atoms with E-state index in [9.17, 15) is 0 Å². The first-order chi connectivity index (χ1) is 7.31. The molecule has 0 saturated heterocycles. The Morgan fingerprint density at radius 3 is 3.00 bits per heavy atom. The number of halogens is 2. The van der Waals surface area contributed by atoms with Crippen LogP contribution < -0.4 is 0 Å². The molecule has 0 unspecified atom stereocenters. The summed E-state index contributed by atoms with van der Waals surface area (Å²) in [5.74, 6) is 0. The fraction of sp³-hybridized carbons (Fsp3) is 0.0909. The second kappa shape index (κ2) is 3.61. The molecule has 0 N–H and O–H groups in total. The zero-order valence-corrected chi connectivity index (χ0v) is 11.6. The Morgan fingerprint density at radius 1 is 1.33 bits per heavy atom. The van der Waals surface area contributed by atoms with E-state index in [1.54, 1.807) is 17.6 Å². The summed E-state index contributed by atoms with van der Waals surface area (Å²) in [6, 6.07) is 4.16. The van der Waals surface area contributed by atoms with E-state index in [2.05, 4.69) is 43.3 Å². The lowest BCUT2D eigenvalue weighted by molar-refractivity contribution is 0.619. The summed E-state index contributed by atoms with van der Waals surface area (Å²) in [4.78, 5) is 0. The van der Waals surface area contributed by atoms with Crippen LogP contribution in [0.25, 0.3) is 21.1 Å². The standard InChI is InChI=1S/C11H6Br2OS/c12-4-6-5-15-11-8(6)3-9(13)7-1-2-14-10(7)11/h1-3,5H,4H2. The van der Waals surface area contributed by atoms with Crippen molar-refractivity contribution in [3.8, 4) is 0 Å². The van der Waals surface area contributed by atoms with Crippen molar-refractivity contribution < 1.29 is 4.42 Å². The molecule has 0 amide bonds. The van der Waals surface area contributed by atoms with Gasteiger partial charge in [0.2, 0.25) is 0 Å². The number of hydrogen-bond acceptors (Lipinski definition) is 2. The fourth-order valence-electron chi connectivity index (χ4n) is 1.72. The maximum atomic E-state index is 5.53. The summed E-state index contributed by atoms with van der Waals surface area (Å²) >= 11 is 8.81. The van der Waals surface area contributed by atoms with Crippen LogP contribution in [0.3, 0.4) is 0 Å². The molecule has 2 aromatic heterocycles. The lowest BCUT2D eigenvalue weighted by Crippen LogP contribution is -1.74. The molecule has 15 heavy (non-hydrogen) atoms. The van der Waals surface area contributed by atoms with Gasteiger partial charge in [0.05, 0.1) is 11.0 Å². The van der Waals surface area contributed by atoms with E-state index in [1.807, 2.05) is 6.07 Å². The van der Waals surface area contributed by atoms with Crippen LogP contribution >= 0.6 is 43.2 Å². The monoisotopic (exact) mass is 344 g/mol. The van der Waals surface area contributed by atoms with Crippen molar-refractivity contribution in [1.82, 2.24) is 0 Å². The topological polar surface area (TPSA) is 13.1 Å². The summed E-state index contributed by atoms with van der Waals surface area (Å²) in [6.45, 7) is 0. The first-order valence-electron chi connectivity index (χ1n) is 4.43. The third-order valence-electron chi connectivity index (χ3n) is 2.45. The van der Waals surface area contributed by atoms with Crippen molar-refractivity contribution in [3.63, 3.8) is 0 Å². The molecular weight excluding hydrogens is 340 g/mol. The first-order valence-corrected chi connectivity index (χ1v) is 7.22. The molecule has 3 rings (SSSR count). The number of alkyl halides is 1. The maximum Gasteiger partial charge on any atom is 0.152 e. The number of rotatable bonds is 1.